The number of pyridine rings is 1. The lowest BCUT2D eigenvalue weighted by Gasteiger charge is -2.24. The fraction of sp³-hybridized carbons (Fsp3) is 0.400. The maximum absolute atomic E-state index is 15.8. The molecule has 0 radical (unpaired) electrons. The Balaban J connectivity index is 1.71. The number of carbonyl (C=O) groups is 1. The number of aromatic nitrogens is 4. The van der Waals surface area contributed by atoms with Gasteiger partial charge in [0, 0.05) is 37.1 Å². The van der Waals surface area contributed by atoms with Gasteiger partial charge in [-0.1, -0.05) is 5.21 Å². The van der Waals surface area contributed by atoms with Gasteiger partial charge in [-0.25, -0.2) is 18.3 Å². The molecule has 1 aliphatic carbocycles. The molecule has 2 fully saturated rings. The summed E-state index contributed by atoms with van der Waals surface area (Å²) in [4.78, 5) is 25.9. The van der Waals surface area contributed by atoms with Crippen molar-refractivity contribution in [2.75, 3.05) is 18.0 Å². The number of aromatic carboxylic acids is 1. The molecule has 0 amide bonds. The molecule has 156 valence electrons. The van der Waals surface area contributed by atoms with E-state index in [4.69, 9.17) is 0 Å². The highest BCUT2D eigenvalue weighted by molar-refractivity contribution is 5.95. The van der Waals surface area contributed by atoms with E-state index in [0.29, 0.717) is 19.5 Å². The zero-order valence-electron chi connectivity index (χ0n) is 16.2. The predicted molar refractivity (Wildman–Crippen MR) is 104 cm³/mol. The van der Waals surface area contributed by atoms with Gasteiger partial charge < -0.3 is 14.6 Å². The number of nitrogens with zero attached hydrogens (tertiary/aromatic N) is 5. The molecule has 10 heteroatoms. The zero-order chi connectivity index (χ0) is 21.2. The second-order valence-corrected chi connectivity index (χ2v) is 7.91. The van der Waals surface area contributed by atoms with Crippen LogP contribution < -0.4 is 10.3 Å². The molecule has 30 heavy (non-hydrogen) atoms. The van der Waals surface area contributed by atoms with Crippen LogP contribution in [0.4, 0.5) is 14.5 Å². The molecule has 3 heterocycles. The fourth-order valence-corrected chi connectivity index (χ4v) is 4.34. The first-order chi connectivity index (χ1) is 14.4. The summed E-state index contributed by atoms with van der Waals surface area (Å²) < 4.78 is 34.3. The SMILES string of the molecule is Cc1c(F)c(N2CCC(n3ccnn3)C2)c(F)c2c1c(=O)c(C(=O)O)cn2C1CC1. The monoisotopic (exact) mass is 415 g/mol. The molecule has 1 aromatic carbocycles. The van der Waals surface area contributed by atoms with Crippen molar-refractivity contribution in [2.45, 2.75) is 38.3 Å². The molecule has 1 unspecified atom stereocenters. The Bertz CT molecular complexity index is 1230. The third-order valence-electron chi connectivity index (χ3n) is 6.03. The molecule has 0 spiro atoms. The van der Waals surface area contributed by atoms with E-state index in [1.807, 2.05) is 0 Å². The van der Waals surface area contributed by atoms with Gasteiger partial charge in [0.15, 0.2) is 11.6 Å². The van der Waals surface area contributed by atoms with Crippen LogP contribution in [-0.4, -0.2) is 43.7 Å². The van der Waals surface area contributed by atoms with E-state index in [1.54, 1.807) is 22.0 Å². The summed E-state index contributed by atoms with van der Waals surface area (Å²) in [7, 11) is 0. The quantitative estimate of drug-likeness (QED) is 0.704. The Morgan fingerprint density at radius 2 is 1.97 bits per heavy atom. The number of fused-ring (bicyclic) bond motifs is 1. The molecule has 2 aromatic heterocycles. The first-order valence-electron chi connectivity index (χ1n) is 9.79. The summed E-state index contributed by atoms with van der Waals surface area (Å²) in [5.41, 5.74) is -1.58. The summed E-state index contributed by atoms with van der Waals surface area (Å²) in [5.74, 6) is -3.06. The average molecular weight is 415 g/mol. The Morgan fingerprint density at radius 1 is 1.20 bits per heavy atom. The summed E-state index contributed by atoms with van der Waals surface area (Å²) in [6.45, 7) is 2.17. The van der Waals surface area contributed by atoms with Crippen molar-refractivity contribution < 1.29 is 18.7 Å². The normalized spacial score (nSPS) is 19.0. The van der Waals surface area contributed by atoms with Crippen LogP contribution in [0.3, 0.4) is 0 Å². The van der Waals surface area contributed by atoms with Crippen molar-refractivity contribution in [3.05, 3.63) is 51.6 Å². The van der Waals surface area contributed by atoms with Gasteiger partial charge in [-0.2, -0.15) is 0 Å². The Morgan fingerprint density at radius 3 is 2.60 bits per heavy atom. The van der Waals surface area contributed by atoms with Gasteiger partial charge in [0.2, 0.25) is 5.43 Å². The zero-order valence-corrected chi connectivity index (χ0v) is 16.2. The lowest BCUT2D eigenvalue weighted by Crippen LogP contribution is -2.26. The molecule has 1 saturated carbocycles. The Kier molecular flexibility index (Phi) is 4.12. The number of rotatable bonds is 4. The Labute approximate surface area is 169 Å². The van der Waals surface area contributed by atoms with Crippen molar-refractivity contribution in [3.63, 3.8) is 0 Å². The van der Waals surface area contributed by atoms with E-state index >= 15 is 8.78 Å². The van der Waals surface area contributed by atoms with Crippen molar-refractivity contribution >= 4 is 22.6 Å². The minimum absolute atomic E-state index is 0.0226. The molecule has 5 rings (SSSR count). The van der Waals surface area contributed by atoms with E-state index in [-0.39, 0.29) is 34.2 Å². The van der Waals surface area contributed by atoms with Gasteiger partial charge in [0.05, 0.1) is 23.1 Å². The van der Waals surface area contributed by atoms with Crippen LogP contribution in [-0.2, 0) is 0 Å². The van der Waals surface area contributed by atoms with E-state index in [0.717, 1.165) is 12.8 Å². The third kappa shape index (κ3) is 2.70. The van der Waals surface area contributed by atoms with Crippen LogP contribution in [0, 0.1) is 18.6 Å². The maximum Gasteiger partial charge on any atom is 0.341 e. The number of benzene rings is 1. The van der Waals surface area contributed by atoms with Gasteiger partial charge in [-0.15, -0.1) is 5.10 Å². The molecule has 2 aliphatic rings. The molecule has 1 N–H and O–H groups in total. The van der Waals surface area contributed by atoms with Crippen LogP contribution in [0.1, 0.15) is 47.3 Å². The minimum Gasteiger partial charge on any atom is -0.477 e. The van der Waals surface area contributed by atoms with Crippen LogP contribution in [0.5, 0.6) is 0 Å². The number of halogens is 2. The van der Waals surface area contributed by atoms with Gasteiger partial charge in [0.25, 0.3) is 0 Å². The maximum atomic E-state index is 15.8. The summed E-state index contributed by atoms with van der Waals surface area (Å²) >= 11 is 0. The summed E-state index contributed by atoms with van der Waals surface area (Å²) in [6.07, 6.45) is 6.60. The van der Waals surface area contributed by atoms with Crippen molar-refractivity contribution in [1.29, 1.82) is 0 Å². The number of anilines is 1. The second-order valence-electron chi connectivity index (χ2n) is 7.91. The van der Waals surface area contributed by atoms with Crippen molar-refractivity contribution in [3.8, 4) is 0 Å². The second kappa shape index (κ2) is 6.61. The van der Waals surface area contributed by atoms with E-state index < -0.39 is 28.6 Å². The molecule has 8 nitrogen and oxygen atoms in total. The predicted octanol–water partition coefficient (Wildman–Crippen LogP) is 2.66. The lowest BCUT2D eigenvalue weighted by atomic mass is 10.0. The highest BCUT2D eigenvalue weighted by Crippen LogP contribution is 2.41. The van der Waals surface area contributed by atoms with Gasteiger partial charge in [-0.3, -0.25) is 4.79 Å². The van der Waals surface area contributed by atoms with E-state index in [1.165, 1.54) is 17.7 Å². The molecule has 1 aliphatic heterocycles. The van der Waals surface area contributed by atoms with E-state index in [2.05, 4.69) is 10.3 Å². The number of aryl methyl sites for hydroxylation is 1. The summed E-state index contributed by atoms with van der Waals surface area (Å²) in [6, 6.07) is -0.165. The molecule has 3 aromatic rings. The number of carboxylic acid groups (broad SMARTS) is 1. The van der Waals surface area contributed by atoms with Gasteiger partial charge in [0.1, 0.15) is 11.3 Å². The Hall–Kier alpha value is -3.30. The number of carboxylic acids is 1. The van der Waals surface area contributed by atoms with Crippen LogP contribution in [0.25, 0.3) is 10.9 Å². The first-order valence-corrected chi connectivity index (χ1v) is 9.79. The largest absolute Gasteiger partial charge is 0.477 e. The highest BCUT2D eigenvalue weighted by Gasteiger charge is 2.34. The highest BCUT2D eigenvalue weighted by atomic mass is 19.1. The smallest absolute Gasteiger partial charge is 0.341 e. The molecular formula is C20H19F2N5O3. The molecule has 1 saturated heterocycles. The van der Waals surface area contributed by atoms with Gasteiger partial charge in [-0.05, 0) is 26.2 Å². The number of hydrogen-bond donors (Lipinski definition) is 1. The van der Waals surface area contributed by atoms with Crippen molar-refractivity contribution in [1.82, 2.24) is 19.6 Å². The summed E-state index contributed by atoms with van der Waals surface area (Å²) in [5, 5.41) is 17.0. The van der Waals surface area contributed by atoms with Crippen LogP contribution >= 0.6 is 0 Å². The fourth-order valence-electron chi connectivity index (χ4n) is 4.34. The number of hydrogen-bond acceptors (Lipinski definition) is 5. The van der Waals surface area contributed by atoms with Gasteiger partial charge >= 0.3 is 5.97 Å². The van der Waals surface area contributed by atoms with E-state index in [9.17, 15) is 14.7 Å². The van der Waals surface area contributed by atoms with Crippen LogP contribution in [0.2, 0.25) is 0 Å². The molecule has 0 bridgehead atoms. The minimum atomic E-state index is -1.41. The standard InChI is InChI=1S/C20H19F2N5O3/c1-10-14-17(26(11-2-3-11)9-13(19(14)28)20(29)30)16(22)18(15(10)21)25-6-4-12(8-25)27-7-5-23-24-27/h5,7,9,11-12H,2-4,6,8H2,1H3,(H,29,30). The lowest BCUT2D eigenvalue weighted by molar-refractivity contribution is 0.0695. The third-order valence-corrected chi connectivity index (χ3v) is 6.03. The topological polar surface area (TPSA) is 93.2 Å². The first kappa shape index (κ1) is 18.7. The van der Waals surface area contributed by atoms with Crippen LogP contribution in [0.15, 0.2) is 23.4 Å². The molecule has 1 atom stereocenters. The molecular weight excluding hydrogens is 396 g/mol. The average Bonchev–Trinajstić information content (AvgIpc) is 3.20. The van der Waals surface area contributed by atoms with Crippen molar-refractivity contribution in [2.24, 2.45) is 0 Å².